The van der Waals surface area contributed by atoms with Crippen molar-refractivity contribution in [2.75, 3.05) is 19.6 Å². The number of fused-ring (bicyclic) bond motifs is 1. The smallest absolute Gasteiger partial charge is 0.224 e. The fourth-order valence-electron chi connectivity index (χ4n) is 4.00. The van der Waals surface area contributed by atoms with E-state index in [1.807, 2.05) is 30.7 Å². The maximum Gasteiger partial charge on any atom is 0.224 e. The molecule has 2 N–H and O–H groups in total. The lowest BCUT2D eigenvalue weighted by Crippen LogP contribution is -2.34. The Balaban J connectivity index is 1.24. The van der Waals surface area contributed by atoms with E-state index in [1.165, 1.54) is 10.9 Å². The van der Waals surface area contributed by atoms with Crippen molar-refractivity contribution >= 4 is 16.8 Å². The number of carbonyl (C=O) groups is 1. The largest absolute Gasteiger partial charge is 0.361 e. The Morgan fingerprint density at radius 1 is 1.28 bits per heavy atom. The van der Waals surface area contributed by atoms with Gasteiger partial charge in [0.2, 0.25) is 5.91 Å². The average molecular weight is 392 g/mol. The number of nitrogens with zero attached hydrogens (tertiary/aromatic N) is 3. The summed E-state index contributed by atoms with van der Waals surface area (Å²) in [4.78, 5) is 27.1. The molecule has 6 nitrogen and oxygen atoms in total. The first kappa shape index (κ1) is 19.6. The van der Waals surface area contributed by atoms with Gasteiger partial charge in [-0.2, -0.15) is 0 Å². The van der Waals surface area contributed by atoms with Gasteiger partial charge in [-0.25, -0.2) is 9.97 Å². The number of aromatic nitrogens is 3. The summed E-state index contributed by atoms with van der Waals surface area (Å²) in [6.45, 7) is 7.39. The first-order chi connectivity index (χ1) is 14.1. The van der Waals surface area contributed by atoms with Gasteiger partial charge in [-0.3, -0.25) is 9.69 Å². The van der Waals surface area contributed by atoms with Crippen LogP contribution in [0.3, 0.4) is 0 Å². The van der Waals surface area contributed by atoms with Gasteiger partial charge in [0.1, 0.15) is 5.82 Å². The van der Waals surface area contributed by atoms with Gasteiger partial charge >= 0.3 is 0 Å². The molecule has 1 aliphatic rings. The van der Waals surface area contributed by atoms with Crippen LogP contribution in [-0.2, 0) is 17.8 Å². The van der Waals surface area contributed by atoms with Crippen molar-refractivity contribution in [3.8, 4) is 0 Å². The van der Waals surface area contributed by atoms with Crippen LogP contribution in [0.25, 0.3) is 10.9 Å². The number of nitrogens with one attached hydrogen (secondary N) is 2. The Hall–Kier alpha value is -2.73. The maximum absolute atomic E-state index is 12.6. The van der Waals surface area contributed by atoms with Gasteiger partial charge in [-0.05, 0) is 31.0 Å². The summed E-state index contributed by atoms with van der Waals surface area (Å²) < 4.78 is 0. The third-order valence-corrected chi connectivity index (χ3v) is 5.66. The predicted octanol–water partition coefficient (Wildman–Crippen LogP) is 3.26. The van der Waals surface area contributed by atoms with E-state index in [-0.39, 0.29) is 11.8 Å². The van der Waals surface area contributed by atoms with Crippen molar-refractivity contribution in [2.45, 2.75) is 39.2 Å². The first-order valence-electron chi connectivity index (χ1n) is 10.5. The number of para-hydroxylation sites is 1. The molecule has 152 valence electrons. The summed E-state index contributed by atoms with van der Waals surface area (Å²) in [7, 11) is 0. The molecular formula is C23H29N5O. The van der Waals surface area contributed by atoms with Crippen molar-refractivity contribution in [3.05, 3.63) is 59.8 Å². The Kier molecular flexibility index (Phi) is 5.90. The van der Waals surface area contributed by atoms with Crippen molar-refractivity contribution in [1.82, 2.24) is 25.2 Å². The summed E-state index contributed by atoms with van der Waals surface area (Å²) in [5.41, 5.74) is 3.50. The van der Waals surface area contributed by atoms with Crippen LogP contribution < -0.4 is 5.32 Å². The van der Waals surface area contributed by atoms with Crippen LogP contribution >= 0.6 is 0 Å². The zero-order valence-electron chi connectivity index (χ0n) is 17.2. The molecule has 29 heavy (non-hydrogen) atoms. The second kappa shape index (κ2) is 8.74. The van der Waals surface area contributed by atoms with Gasteiger partial charge in [0.05, 0.1) is 5.92 Å². The summed E-state index contributed by atoms with van der Waals surface area (Å²) in [5, 5.41) is 4.36. The summed E-state index contributed by atoms with van der Waals surface area (Å²) >= 11 is 0. The molecule has 0 bridgehead atoms. The molecule has 2 aromatic heterocycles. The van der Waals surface area contributed by atoms with Gasteiger partial charge in [0.15, 0.2) is 0 Å². The predicted molar refractivity (Wildman–Crippen MR) is 115 cm³/mol. The highest BCUT2D eigenvalue weighted by Crippen LogP contribution is 2.20. The fraction of sp³-hybridized carbons (Fsp3) is 0.435. The molecule has 3 heterocycles. The molecule has 1 atom stereocenters. The number of H-pyrrole nitrogens is 1. The third-order valence-electron chi connectivity index (χ3n) is 5.66. The second-order valence-corrected chi connectivity index (χ2v) is 8.23. The van der Waals surface area contributed by atoms with Crippen LogP contribution in [0, 0.1) is 5.92 Å². The van der Waals surface area contributed by atoms with E-state index in [9.17, 15) is 4.79 Å². The monoisotopic (exact) mass is 391 g/mol. The van der Waals surface area contributed by atoms with Crippen molar-refractivity contribution < 1.29 is 4.79 Å². The lowest BCUT2D eigenvalue weighted by molar-refractivity contribution is -0.124. The minimum Gasteiger partial charge on any atom is -0.361 e. The molecule has 0 saturated carbocycles. The number of hydrogen-bond acceptors (Lipinski definition) is 4. The zero-order chi connectivity index (χ0) is 20.2. The van der Waals surface area contributed by atoms with Crippen molar-refractivity contribution in [2.24, 2.45) is 5.92 Å². The number of aromatic amines is 1. The lowest BCUT2D eigenvalue weighted by Gasteiger charge is -2.16. The van der Waals surface area contributed by atoms with Crippen LogP contribution in [0.2, 0.25) is 0 Å². The highest BCUT2D eigenvalue weighted by atomic mass is 16.1. The minimum absolute atomic E-state index is 0.0637. The number of likely N-dealkylation sites (tertiary alicyclic amines) is 1. The summed E-state index contributed by atoms with van der Waals surface area (Å²) in [5.74, 6) is 1.45. The molecule has 1 saturated heterocycles. The molecule has 1 aromatic carbocycles. The molecule has 3 aromatic rings. The van der Waals surface area contributed by atoms with E-state index in [2.05, 4.69) is 51.1 Å². The van der Waals surface area contributed by atoms with E-state index < -0.39 is 0 Å². The molecule has 0 aliphatic carbocycles. The summed E-state index contributed by atoms with van der Waals surface area (Å²) in [6.07, 6.45) is 7.62. The average Bonchev–Trinajstić information content (AvgIpc) is 3.36. The van der Waals surface area contributed by atoms with Crippen LogP contribution in [0.4, 0.5) is 0 Å². The van der Waals surface area contributed by atoms with Crippen molar-refractivity contribution in [3.63, 3.8) is 0 Å². The lowest BCUT2D eigenvalue weighted by atomic mass is 10.1. The van der Waals surface area contributed by atoms with Gasteiger partial charge in [-0.15, -0.1) is 0 Å². The number of amides is 1. The van der Waals surface area contributed by atoms with E-state index in [4.69, 9.17) is 0 Å². The number of benzene rings is 1. The SMILES string of the molecule is CC(C)c1ncc(CN2CCC(C(=O)NCCc3c[nH]c4ccccc34)C2)cn1. The number of carbonyl (C=O) groups excluding carboxylic acids is 1. The molecule has 4 rings (SSSR count). The van der Waals surface area contributed by atoms with Crippen LogP contribution in [0.5, 0.6) is 0 Å². The molecule has 1 unspecified atom stereocenters. The van der Waals surface area contributed by atoms with Gasteiger partial charge in [0.25, 0.3) is 0 Å². The quantitative estimate of drug-likeness (QED) is 0.648. The molecule has 6 heteroatoms. The van der Waals surface area contributed by atoms with E-state index in [0.717, 1.165) is 49.4 Å². The third kappa shape index (κ3) is 4.65. The molecule has 1 aliphatic heterocycles. The van der Waals surface area contributed by atoms with Crippen LogP contribution in [-0.4, -0.2) is 45.4 Å². The van der Waals surface area contributed by atoms with Gasteiger partial charge in [-0.1, -0.05) is 32.0 Å². The Morgan fingerprint density at radius 2 is 2.07 bits per heavy atom. The first-order valence-corrected chi connectivity index (χ1v) is 10.5. The van der Waals surface area contributed by atoms with E-state index in [1.54, 1.807) is 0 Å². The number of rotatable bonds is 7. The van der Waals surface area contributed by atoms with Crippen molar-refractivity contribution in [1.29, 1.82) is 0 Å². The molecule has 1 amide bonds. The Bertz CT molecular complexity index is 963. The highest BCUT2D eigenvalue weighted by Gasteiger charge is 2.28. The van der Waals surface area contributed by atoms with E-state index in [0.29, 0.717) is 12.5 Å². The normalized spacial score (nSPS) is 17.3. The maximum atomic E-state index is 12.6. The standard InChI is InChI=1S/C23H29N5O/c1-16(2)22-26-11-17(12-27-22)14-28-10-8-19(15-28)23(29)24-9-7-18-13-25-21-6-4-3-5-20(18)21/h3-6,11-13,16,19,25H,7-10,14-15H2,1-2H3,(H,24,29). The van der Waals surface area contributed by atoms with Crippen LogP contribution in [0.15, 0.2) is 42.9 Å². The van der Waals surface area contributed by atoms with Gasteiger partial charge < -0.3 is 10.3 Å². The molecule has 0 radical (unpaired) electrons. The fourth-order valence-corrected chi connectivity index (χ4v) is 4.00. The molecular weight excluding hydrogens is 362 g/mol. The Morgan fingerprint density at radius 3 is 2.86 bits per heavy atom. The zero-order valence-corrected chi connectivity index (χ0v) is 17.2. The van der Waals surface area contributed by atoms with Gasteiger partial charge in [0, 0.05) is 60.6 Å². The highest BCUT2D eigenvalue weighted by molar-refractivity contribution is 5.83. The summed E-state index contributed by atoms with van der Waals surface area (Å²) in [6, 6.07) is 8.27. The second-order valence-electron chi connectivity index (χ2n) is 8.23. The van der Waals surface area contributed by atoms with E-state index >= 15 is 0 Å². The molecule has 0 spiro atoms. The topological polar surface area (TPSA) is 73.9 Å². The van der Waals surface area contributed by atoms with Crippen LogP contribution in [0.1, 0.15) is 43.1 Å². The Labute approximate surface area is 171 Å². The molecule has 1 fully saturated rings. The number of hydrogen-bond donors (Lipinski definition) is 2. The minimum atomic E-state index is 0.0637.